The van der Waals surface area contributed by atoms with Gasteiger partial charge in [-0.25, -0.2) is 0 Å². The van der Waals surface area contributed by atoms with Crippen LogP contribution in [0.2, 0.25) is 0 Å². The molecule has 0 saturated heterocycles. The summed E-state index contributed by atoms with van der Waals surface area (Å²) >= 11 is 0. The molecule has 0 fully saturated rings. The first-order valence-corrected chi connectivity index (χ1v) is 6.90. The smallest absolute Gasteiger partial charge is 0.222 e. The van der Waals surface area contributed by atoms with E-state index < -0.39 is 0 Å². The predicted molar refractivity (Wildman–Crippen MR) is 78.0 cm³/mol. The zero-order chi connectivity index (χ0) is 15.0. The molecule has 1 aromatic carbocycles. The summed E-state index contributed by atoms with van der Waals surface area (Å²) in [5, 5.41) is 11.7. The van der Waals surface area contributed by atoms with Crippen LogP contribution in [0.25, 0.3) is 0 Å². The first-order chi connectivity index (χ1) is 9.52. The Morgan fingerprint density at radius 1 is 1.30 bits per heavy atom. The second-order valence-corrected chi connectivity index (χ2v) is 5.24. The Hall–Kier alpha value is -1.86. The number of carbonyl (C=O) groups excluding carboxylic acids is 1. The number of nitrogens with zero attached hydrogens (tertiary/aromatic N) is 1. The molecule has 0 aromatic heterocycles. The molecule has 0 aliphatic heterocycles. The quantitative estimate of drug-likeness (QED) is 0.778. The van der Waals surface area contributed by atoms with Crippen LogP contribution in [0, 0.1) is 17.2 Å². The fourth-order valence-electron chi connectivity index (χ4n) is 1.73. The number of rotatable bonds is 7. The van der Waals surface area contributed by atoms with E-state index in [0.29, 0.717) is 31.1 Å². The van der Waals surface area contributed by atoms with Crippen molar-refractivity contribution in [2.45, 2.75) is 33.2 Å². The summed E-state index contributed by atoms with van der Waals surface area (Å²) in [7, 11) is 0. The number of hydrogen-bond donors (Lipinski definition) is 1. The Kier molecular flexibility index (Phi) is 6.75. The van der Waals surface area contributed by atoms with Crippen molar-refractivity contribution in [1.29, 1.82) is 5.26 Å². The molecule has 1 rings (SSSR count). The van der Waals surface area contributed by atoms with Crippen molar-refractivity contribution in [3.05, 3.63) is 35.4 Å². The van der Waals surface area contributed by atoms with E-state index in [-0.39, 0.29) is 11.9 Å². The SMILES string of the molecule is CC(C)COCCC(=O)N[C@H](C)c1ccc(C#N)cc1. The molecule has 0 unspecified atom stereocenters. The third-order valence-corrected chi connectivity index (χ3v) is 2.84. The summed E-state index contributed by atoms with van der Waals surface area (Å²) in [5.41, 5.74) is 1.61. The zero-order valence-electron chi connectivity index (χ0n) is 12.3. The van der Waals surface area contributed by atoms with Crippen LogP contribution < -0.4 is 5.32 Å². The molecular weight excluding hydrogens is 252 g/mol. The van der Waals surface area contributed by atoms with Crippen molar-refractivity contribution in [1.82, 2.24) is 5.32 Å². The molecule has 0 spiro atoms. The largest absolute Gasteiger partial charge is 0.381 e. The molecule has 0 heterocycles. The fraction of sp³-hybridized carbons (Fsp3) is 0.500. The minimum absolute atomic E-state index is 0.0226. The number of hydrogen-bond acceptors (Lipinski definition) is 3. The van der Waals surface area contributed by atoms with Gasteiger partial charge in [0.1, 0.15) is 0 Å². The number of ether oxygens (including phenoxy) is 1. The molecule has 0 saturated carbocycles. The van der Waals surface area contributed by atoms with E-state index in [2.05, 4.69) is 25.2 Å². The Morgan fingerprint density at radius 3 is 2.50 bits per heavy atom. The molecule has 108 valence electrons. The van der Waals surface area contributed by atoms with Gasteiger partial charge in [-0.15, -0.1) is 0 Å². The van der Waals surface area contributed by atoms with Gasteiger partial charge in [0.05, 0.1) is 24.3 Å². The van der Waals surface area contributed by atoms with Gasteiger partial charge in [-0.2, -0.15) is 5.26 Å². The van der Waals surface area contributed by atoms with E-state index >= 15 is 0 Å². The molecule has 1 amide bonds. The Morgan fingerprint density at radius 2 is 1.95 bits per heavy atom. The third kappa shape index (κ3) is 5.85. The molecule has 4 nitrogen and oxygen atoms in total. The summed E-state index contributed by atoms with van der Waals surface area (Å²) in [5.74, 6) is 0.459. The van der Waals surface area contributed by atoms with Crippen molar-refractivity contribution >= 4 is 5.91 Å². The Balaban J connectivity index is 2.35. The molecule has 0 aliphatic rings. The average Bonchev–Trinajstić information content (AvgIpc) is 2.43. The first kappa shape index (κ1) is 16.2. The van der Waals surface area contributed by atoms with Crippen molar-refractivity contribution in [3.8, 4) is 6.07 Å². The van der Waals surface area contributed by atoms with Gasteiger partial charge in [-0.3, -0.25) is 4.79 Å². The summed E-state index contributed by atoms with van der Waals surface area (Å²) in [6.45, 7) is 7.21. The molecule has 1 atom stereocenters. The minimum Gasteiger partial charge on any atom is -0.381 e. The summed E-state index contributed by atoms with van der Waals surface area (Å²) in [6.07, 6.45) is 0.368. The highest BCUT2D eigenvalue weighted by Crippen LogP contribution is 2.13. The van der Waals surface area contributed by atoms with Gasteiger partial charge in [-0.05, 0) is 30.5 Å². The van der Waals surface area contributed by atoms with Gasteiger partial charge in [0.2, 0.25) is 5.91 Å². The minimum atomic E-state index is -0.0691. The molecule has 20 heavy (non-hydrogen) atoms. The van der Waals surface area contributed by atoms with Crippen LogP contribution in [0.5, 0.6) is 0 Å². The van der Waals surface area contributed by atoms with E-state index in [4.69, 9.17) is 10.00 Å². The molecule has 1 aromatic rings. The van der Waals surface area contributed by atoms with Crippen LogP contribution in [-0.4, -0.2) is 19.1 Å². The highest BCUT2D eigenvalue weighted by Gasteiger charge is 2.09. The van der Waals surface area contributed by atoms with Crippen molar-refractivity contribution in [2.75, 3.05) is 13.2 Å². The van der Waals surface area contributed by atoms with Gasteiger partial charge < -0.3 is 10.1 Å². The lowest BCUT2D eigenvalue weighted by atomic mass is 10.1. The Labute approximate surface area is 120 Å². The fourth-order valence-corrected chi connectivity index (χ4v) is 1.73. The number of nitrogens with one attached hydrogen (secondary N) is 1. The van der Waals surface area contributed by atoms with Crippen LogP contribution in [0.3, 0.4) is 0 Å². The van der Waals surface area contributed by atoms with Crippen LogP contribution in [0.4, 0.5) is 0 Å². The zero-order valence-corrected chi connectivity index (χ0v) is 12.3. The maximum Gasteiger partial charge on any atom is 0.222 e. The average molecular weight is 274 g/mol. The van der Waals surface area contributed by atoms with Crippen LogP contribution in [-0.2, 0) is 9.53 Å². The Bertz CT molecular complexity index is 460. The predicted octanol–water partition coefficient (Wildman–Crippen LogP) is 2.80. The summed E-state index contributed by atoms with van der Waals surface area (Å²) < 4.78 is 5.39. The molecule has 0 bridgehead atoms. The van der Waals surface area contributed by atoms with Gasteiger partial charge in [0.15, 0.2) is 0 Å². The number of benzene rings is 1. The highest BCUT2D eigenvalue weighted by molar-refractivity contribution is 5.76. The molecule has 1 N–H and O–H groups in total. The number of amides is 1. The molecule has 0 aliphatic carbocycles. The van der Waals surface area contributed by atoms with E-state index in [9.17, 15) is 4.79 Å². The van der Waals surface area contributed by atoms with E-state index in [1.165, 1.54) is 0 Å². The molecule has 4 heteroatoms. The van der Waals surface area contributed by atoms with Crippen LogP contribution in [0.15, 0.2) is 24.3 Å². The second kappa shape index (κ2) is 8.34. The molecule has 0 radical (unpaired) electrons. The van der Waals surface area contributed by atoms with Crippen LogP contribution >= 0.6 is 0 Å². The lowest BCUT2D eigenvalue weighted by Gasteiger charge is -2.14. The number of carbonyl (C=O) groups is 1. The summed E-state index contributed by atoms with van der Waals surface area (Å²) in [4.78, 5) is 11.8. The van der Waals surface area contributed by atoms with Crippen molar-refractivity contribution in [2.24, 2.45) is 5.92 Å². The monoisotopic (exact) mass is 274 g/mol. The third-order valence-electron chi connectivity index (χ3n) is 2.84. The first-order valence-electron chi connectivity index (χ1n) is 6.90. The lowest BCUT2D eigenvalue weighted by molar-refractivity contribution is -0.122. The normalized spacial score (nSPS) is 11.9. The van der Waals surface area contributed by atoms with E-state index in [1.54, 1.807) is 12.1 Å². The van der Waals surface area contributed by atoms with Gasteiger partial charge >= 0.3 is 0 Å². The van der Waals surface area contributed by atoms with Crippen molar-refractivity contribution < 1.29 is 9.53 Å². The van der Waals surface area contributed by atoms with E-state index in [0.717, 1.165) is 5.56 Å². The highest BCUT2D eigenvalue weighted by atomic mass is 16.5. The maximum absolute atomic E-state index is 11.8. The van der Waals surface area contributed by atoms with Gasteiger partial charge in [-0.1, -0.05) is 26.0 Å². The second-order valence-electron chi connectivity index (χ2n) is 5.24. The summed E-state index contributed by atoms with van der Waals surface area (Å²) in [6, 6.07) is 9.23. The van der Waals surface area contributed by atoms with Crippen molar-refractivity contribution in [3.63, 3.8) is 0 Å². The molecular formula is C16H22N2O2. The van der Waals surface area contributed by atoms with E-state index in [1.807, 2.05) is 19.1 Å². The van der Waals surface area contributed by atoms with Crippen LogP contribution in [0.1, 0.15) is 44.4 Å². The topological polar surface area (TPSA) is 62.1 Å². The van der Waals surface area contributed by atoms with Gasteiger partial charge in [0, 0.05) is 13.0 Å². The van der Waals surface area contributed by atoms with Gasteiger partial charge in [0.25, 0.3) is 0 Å². The lowest BCUT2D eigenvalue weighted by Crippen LogP contribution is -2.27. The maximum atomic E-state index is 11.8. The standard InChI is InChI=1S/C16H22N2O2/c1-12(2)11-20-9-8-16(19)18-13(3)15-6-4-14(10-17)5-7-15/h4-7,12-13H,8-9,11H2,1-3H3,(H,18,19)/t13-/m1/s1. The number of nitriles is 1.